The quantitative estimate of drug-likeness (QED) is 0.322. The van der Waals surface area contributed by atoms with Gasteiger partial charge in [0.25, 0.3) is 0 Å². The van der Waals surface area contributed by atoms with Gasteiger partial charge < -0.3 is 4.74 Å². The monoisotopic (exact) mass is 327 g/mol. The Morgan fingerprint density at radius 3 is 2.04 bits per heavy atom. The third kappa shape index (κ3) is 5.31. The van der Waals surface area contributed by atoms with Crippen LogP contribution in [0.3, 0.4) is 0 Å². The fourth-order valence-electron chi connectivity index (χ4n) is 2.24. The normalized spacial score (nSPS) is 11.5. The van der Waals surface area contributed by atoms with Crippen LogP contribution in [0.15, 0.2) is 60.7 Å². The molecule has 0 spiro atoms. The Kier molecular flexibility index (Phi) is 6.19. The Balaban J connectivity index is 1.97. The van der Waals surface area contributed by atoms with E-state index in [0.717, 1.165) is 0 Å². The Morgan fingerprint density at radius 2 is 1.50 bits per heavy atom. The van der Waals surface area contributed by atoms with E-state index in [0.29, 0.717) is 11.1 Å². The lowest BCUT2D eigenvalue weighted by Gasteiger charge is -2.13. The summed E-state index contributed by atoms with van der Waals surface area (Å²) in [4.78, 5) is 34.4. The summed E-state index contributed by atoms with van der Waals surface area (Å²) in [5, 5.41) is 10.8. The first-order valence-electron chi connectivity index (χ1n) is 7.48. The van der Waals surface area contributed by atoms with E-state index in [1.807, 2.05) is 0 Å². The van der Waals surface area contributed by atoms with Crippen LogP contribution < -0.4 is 0 Å². The second kappa shape index (κ2) is 8.57. The van der Waals surface area contributed by atoms with Gasteiger partial charge in [-0.05, 0) is 12.1 Å². The predicted molar refractivity (Wildman–Crippen MR) is 87.5 cm³/mol. The maximum absolute atomic E-state index is 12.2. The van der Waals surface area contributed by atoms with Crippen molar-refractivity contribution >= 4 is 11.8 Å². The summed E-state index contributed by atoms with van der Waals surface area (Å²) >= 11 is 0. The molecule has 2 rings (SSSR count). The molecule has 24 heavy (non-hydrogen) atoms. The number of nitro groups is 1. The SMILES string of the molecule is O=C(C[C@H](COC(=O)c1ccccc1)C[N+](=O)[O-])c1ccccc1. The molecule has 0 bridgehead atoms. The van der Waals surface area contributed by atoms with Crippen molar-refractivity contribution in [2.24, 2.45) is 5.92 Å². The molecule has 0 saturated heterocycles. The maximum Gasteiger partial charge on any atom is 0.338 e. The van der Waals surface area contributed by atoms with Gasteiger partial charge in [0.2, 0.25) is 6.54 Å². The summed E-state index contributed by atoms with van der Waals surface area (Å²) in [7, 11) is 0. The summed E-state index contributed by atoms with van der Waals surface area (Å²) in [6.07, 6.45) is -0.0485. The molecule has 2 aromatic rings. The summed E-state index contributed by atoms with van der Waals surface area (Å²) < 4.78 is 5.13. The molecule has 0 unspecified atom stereocenters. The Bertz CT molecular complexity index is 700. The molecule has 0 radical (unpaired) electrons. The number of Topliss-reactive ketones (excluding diaryl/α,β-unsaturated/α-hetero) is 1. The molecule has 0 fully saturated rings. The van der Waals surface area contributed by atoms with Crippen molar-refractivity contribution in [3.05, 3.63) is 81.9 Å². The third-order valence-electron chi connectivity index (χ3n) is 3.44. The van der Waals surface area contributed by atoms with E-state index >= 15 is 0 Å². The van der Waals surface area contributed by atoms with Crippen LogP contribution in [0.4, 0.5) is 0 Å². The van der Waals surface area contributed by atoms with Gasteiger partial charge in [-0.2, -0.15) is 0 Å². The van der Waals surface area contributed by atoms with E-state index < -0.39 is 23.4 Å². The van der Waals surface area contributed by atoms with Gasteiger partial charge in [-0.3, -0.25) is 14.9 Å². The minimum atomic E-state index is -0.666. The number of benzene rings is 2. The number of ketones is 1. The summed E-state index contributed by atoms with van der Waals surface area (Å²) in [6, 6.07) is 16.9. The second-order valence-corrected chi connectivity index (χ2v) is 5.34. The third-order valence-corrected chi connectivity index (χ3v) is 3.44. The minimum Gasteiger partial charge on any atom is -0.462 e. The van der Waals surface area contributed by atoms with Crippen LogP contribution in [-0.4, -0.2) is 29.8 Å². The fraction of sp³-hybridized carbons (Fsp3) is 0.222. The van der Waals surface area contributed by atoms with Crippen LogP contribution in [0.5, 0.6) is 0 Å². The predicted octanol–water partition coefficient (Wildman–Crippen LogP) is 3.01. The Morgan fingerprint density at radius 1 is 0.958 bits per heavy atom. The van der Waals surface area contributed by atoms with Crippen molar-refractivity contribution in [2.75, 3.05) is 13.2 Å². The van der Waals surface area contributed by atoms with Crippen molar-refractivity contribution in [1.29, 1.82) is 0 Å². The molecule has 2 aromatic carbocycles. The van der Waals surface area contributed by atoms with E-state index in [2.05, 4.69) is 0 Å². The summed E-state index contributed by atoms with van der Waals surface area (Å²) in [6.45, 7) is -0.603. The lowest BCUT2D eigenvalue weighted by atomic mass is 9.99. The van der Waals surface area contributed by atoms with Gasteiger partial charge in [-0.15, -0.1) is 0 Å². The van der Waals surface area contributed by atoms with Gasteiger partial charge in [0, 0.05) is 16.9 Å². The molecule has 0 aliphatic heterocycles. The van der Waals surface area contributed by atoms with Gasteiger partial charge in [-0.25, -0.2) is 4.79 Å². The fourth-order valence-corrected chi connectivity index (χ4v) is 2.24. The van der Waals surface area contributed by atoms with Crippen LogP contribution in [0.2, 0.25) is 0 Å². The molecule has 0 amide bonds. The van der Waals surface area contributed by atoms with E-state index in [1.165, 1.54) is 0 Å². The molecule has 0 aliphatic carbocycles. The number of rotatable bonds is 8. The van der Waals surface area contributed by atoms with Crippen molar-refractivity contribution in [3.8, 4) is 0 Å². The van der Waals surface area contributed by atoms with E-state index in [4.69, 9.17) is 4.74 Å². The molecule has 6 heteroatoms. The standard InChI is InChI=1S/C18H17NO5/c20-17(15-7-3-1-4-8-15)11-14(12-19(22)23)13-24-18(21)16-9-5-2-6-10-16/h1-10,14H,11-13H2/t14-/m0/s1. The van der Waals surface area contributed by atoms with Crippen LogP contribution in [0.1, 0.15) is 27.1 Å². The number of esters is 1. The molecule has 0 heterocycles. The van der Waals surface area contributed by atoms with Gasteiger partial charge in [0.05, 0.1) is 11.5 Å². The topological polar surface area (TPSA) is 86.5 Å². The van der Waals surface area contributed by atoms with E-state index in [-0.39, 0.29) is 18.8 Å². The highest BCUT2D eigenvalue weighted by molar-refractivity contribution is 5.96. The highest BCUT2D eigenvalue weighted by atomic mass is 16.6. The van der Waals surface area contributed by atoms with Gasteiger partial charge >= 0.3 is 5.97 Å². The first kappa shape index (κ1) is 17.3. The largest absolute Gasteiger partial charge is 0.462 e. The van der Waals surface area contributed by atoms with Crippen molar-refractivity contribution in [3.63, 3.8) is 0 Å². The molecule has 6 nitrogen and oxygen atoms in total. The summed E-state index contributed by atoms with van der Waals surface area (Å²) in [5.41, 5.74) is 0.854. The zero-order chi connectivity index (χ0) is 17.4. The molecule has 124 valence electrons. The first-order valence-corrected chi connectivity index (χ1v) is 7.48. The molecular weight excluding hydrogens is 310 g/mol. The highest BCUT2D eigenvalue weighted by Gasteiger charge is 2.22. The number of carbonyl (C=O) groups excluding carboxylic acids is 2. The Hall–Kier alpha value is -3.02. The number of nitrogens with zero attached hydrogens (tertiary/aromatic N) is 1. The molecule has 1 atom stereocenters. The van der Waals surface area contributed by atoms with Gasteiger partial charge in [0.15, 0.2) is 5.78 Å². The lowest BCUT2D eigenvalue weighted by molar-refractivity contribution is -0.488. The second-order valence-electron chi connectivity index (χ2n) is 5.34. The minimum absolute atomic E-state index is 0.0485. The number of hydrogen-bond acceptors (Lipinski definition) is 5. The number of carbonyl (C=O) groups is 2. The Labute approximate surface area is 139 Å². The van der Waals surface area contributed by atoms with Crippen LogP contribution >= 0.6 is 0 Å². The van der Waals surface area contributed by atoms with Crippen LogP contribution in [0, 0.1) is 16.0 Å². The highest BCUT2D eigenvalue weighted by Crippen LogP contribution is 2.12. The van der Waals surface area contributed by atoms with Crippen molar-refractivity contribution < 1.29 is 19.2 Å². The zero-order valence-corrected chi connectivity index (χ0v) is 13.0. The maximum atomic E-state index is 12.2. The first-order chi connectivity index (χ1) is 11.6. The number of hydrogen-bond donors (Lipinski definition) is 0. The summed E-state index contributed by atoms with van der Waals surface area (Å²) in [5.74, 6) is -1.44. The molecular formula is C18H17NO5. The number of ether oxygens (including phenoxy) is 1. The van der Waals surface area contributed by atoms with Crippen LogP contribution in [0.25, 0.3) is 0 Å². The van der Waals surface area contributed by atoms with Crippen LogP contribution in [-0.2, 0) is 4.74 Å². The smallest absolute Gasteiger partial charge is 0.338 e. The molecule has 0 aromatic heterocycles. The van der Waals surface area contributed by atoms with Crippen molar-refractivity contribution in [1.82, 2.24) is 0 Å². The van der Waals surface area contributed by atoms with E-state index in [9.17, 15) is 19.7 Å². The van der Waals surface area contributed by atoms with E-state index in [1.54, 1.807) is 60.7 Å². The van der Waals surface area contributed by atoms with Crippen molar-refractivity contribution in [2.45, 2.75) is 6.42 Å². The molecule has 0 aliphatic rings. The molecule has 0 saturated carbocycles. The zero-order valence-electron chi connectivity index (χ0n) is 13.0. The van der Waals surface area contributed by atoms with Gasteiger partial charge in [0.1, 0.15) is 6.61 Å². The lowest BCUT2D eigenvalue weighted by Crippen LogP contribution is -2.24. The average Bonchev–Trinajstić information content (AvgIpc) is 2.60. The average molecular weight is 327 g/mol. The molecule has 0 N–H and O–H groups in total. The van der Waals surface area contributed by atoms with Gasteiger partial charge in [-0.1, -0.05) is 48.5 Å².